The van der Waals surface area contributed by atoms with E-state index in [1.165, 1.54) is 0 Å². The smallest absolute Gasteiger partial charge is 0.306 e. The number of benzene rings is 2. The lowest BCUT2D eigenvalue weighted by Gasteiger charge is -2.32. The number of hydrogen-bond acceptors (Lipinski definition) is 4. The molecule has 3 rings (SSSR count). The highest BCUT2D eigenvalue weighted by Crippen LogP contribution is 2.24. The van der Waals surface area contributed by atoms with Crippen molar-refractivity contribution in [3.05, 3.63) is 59.1 Å². The summed E-state index contributed by atoms with van der Waals surface area (Å²) in [4.78, 5) is 27.3. The first-order valence-electron chi connectivity index (χ1n) is 9.61. The van der Waals surface area contributed by atoms with E-state index in [4.69, 9.17) is 21.4 Å². The molecule has 2 aromatic rings. The van der Waals surface area contributed by atoms with Gasteiger partial charge in [-0.2, -0.15) is 0 Å². The molecule has 0 unspecified atom stereocenters. The van der Waals surface area contributed by atoms with Crippen LogP contribution in [0.4, 0.5) is 5.69 Å². The van der Waals surface area contributed by atoms with Crippen LogP contribution < -0.4 is 9.64 Å². The van der Waals surface area contributed by atoms with Crippen LogP contribution in [-0.4, -0.2) is 48.6 Å². The predicted molar refractivity (Wildman–Crippen MR) is 112 cm³/mol. The van der Waals surface area contributed by atoms with Crippen molar-refractivity contribution in [3.8, 4) is 5.75 Å². The van der Waals surface area contributed by atoms with Crippen molar-refractivity contribution >= 4 is 29.2 Å². The van der Waals surface area contributed by atoms with Gasteiger partial charge in [0.05, 0.1) is 5.92 Å². The van der Waals surface area contributed by atoms with E-state index in [0.717, 1.165) is 24.3 Å². The van der Waals surface area contributed by atoms with Gasteiger partial charge in [-0.1, -0.05) is 23.7 Å². The average molecular weight is 417 g/mol. The molecule has 2 aromatic carbocycles. The first kappa shape index (κ1) is 21.0. The Labute approximate surface area is 175 Å². The Kier molecular flexibility index (Phi) is 6.99. The van der Waals surface area contributed by atoms with Crippen LogP contribution in [0.5, 0.6) is 5.75 Å². The number of nitrogens with zero attached hydrogens (tertiary/aromatic N) is 2. The molecule has 0 radical (unpaired) electrons. The van der Waals surface area contributed by atoms with E-state index in [2.05, 4.69) is 11.0 Å². The molecule has 0 bridgehead atoms. The second-order valence-electron chi connectivity index (χ2n) is 7.26. The molecule has 0 atom stereocenters. The zero-order valence-electron chi connectivity index (χ0n) is 16.4. The number of amides is 1. The maximum atomic E-state index is 12.4. The van der Waals surface area contributed by atoms with Crippen molar-refractivity contribution < 1.29 is 19.4 Å². The molecule has 1 saturated heterocycles. The van der Waals surface area contributed by atoms with Crippen molar-refractivity contribution in [1.29, 1.82) is 0 Å². The Morgan fingerprint density at radius 3 is 2.52 bits per heavy atom. The molecule has 1 fully saturated rings. The monoisotopic (exact) mass is 416 g/mol. The fourth-order valence-corrected chi connectivity index (χ4v) is 3.51. The molecule has 0 aliphatic carbocycles. The summed E-state index contributed by atoms with van der Waals surface area (Å²) >= 11 is 5.84. The molecule has 0 aromatic heterocycles. The number of aliphatic carboxylic acids is 1. The molecule has 1 amide bonds. The predicted octanol–water partition coefficient (Wildman–Crippen LogP) is 3.68. The van der Waals surface area contributed by atoms with E-state index in [-0.39, 0.29) is 18.4 Å². The topological polar surface area (TPSA) is 70.1 Å². The van der Waals surface area contributed by atoms with Crippen LogP contribution >= 0.6 is 11.6 Å². The standard InChI is InChI=1S/C22H25ClN2O4/c1-24(21(26)15-29-20-7-5-18(23)6-8-20)14-16-3-2-4-19(13-16)25-11-9-17(10-12-25)22(27)28/h2-8,13,17H,9-12,14-15H2,1H3,(H,27,28). The van der Waals surface area contributed by atoms with E-state index < -0.39 is 5.97 Å². The number of carboxylic acids is 1. The Hall–Kier alpha value is -2.73. The number of carbonyl (C=O) groups excluding carboxylic acids is 1. The molecule has 1 aliphatic heterocycles. The number of piperidine rings is 1. The summed E-state index contributed by atoms with van der Waals surface area (Å²) in [5.74, 6) is -0.478. The molecular formula is C22H25ClN2O4. The second-order valence-corrected chi connectivity index (χ2v) is 7.70. The molecule has 7 heteroatoms. The van der Waals surface area contributed by atoms with E-state index >= 15 is 0 Å². The molecule has 154 valence electrons. The fraction of sp³-hybridized carbons (Fsp3) is 0.364. The number of hydrogen-bond donors (Lipinski definition) is 1. The maximum absolute atomic E-state index is 12.4. The zero-order chi connectivity index (χ0) is 20.8. The first-order chi connectivity index (χ1) is 13.9. The number of rotatable bonds is 7. The molecule has 0 spiro atoms. The van der Waals surface area contributed by atoms with Crippen LogP contribution in [0.15, 0.2) is 48.5 Å². The van der Waals surface area contributed by atoms with Crippen LogP contribution in [0.25, 0.3) is 0 Å². The number of likely N-dealkylation sites (N-methyl/N-ethyl adjacent to an activating group) is 1. The van der Waals surface area contributed by atoms with Gasteiger partial charge < -0.3 is 19.6 Å². The van der Waals surface area contributed by atoms with Gasteiger partial charge in [0.15, 0.2) is 6.61 Å². The molecule has 0 saturated carbocycles. The Morgan fingerprint density at radius 1 is 1.17 bits per heavy atom. The third-order valence-corrected chi connectivity index (χ3v) is 5.39. The van der Waals surface area contributed by atoms with Gasteiger partial charge in [0.25, 0.3) is 5.91 Å². The summed E-state index contributed by atoms with van der Waals surface area (Å²) < 4.78 is 5.52. The van der Waals surface area contributed by atoms with Crippen LogP contribution in [0.2, 0.25) is 5.02 Å². The average Bonchev–Trinajstić information content (AvgIpc) is 2.73. The highest BCUT2D eigenvalue weighted by Gasteiger charge is 2.24. The SMILES string of the molecule is CN(Cc1cccc(N2CCC(C(=O)O)CC2)c1)C(=O)COc1ccc(Cl)cc1. The number of anilines is 1. The number of carbonyl (C=O) groups is 2. The van der Waals surface area contributed by atoms with E-state index in [1.807, 2.05) is 18.2 Å². The van der Waals surface area contributed by atoms with Gasteiger partial charge in [0.1, 0.15) is 5.75 Å². The Balaban J connectivity index is 1.53. The summed E-state index contributed by atoms with van der Waals surface area (Å²) in [5.41, 5.74) is 2.08. The van der Waals surface area contributed by atoms with Crippen LogP contribution in [-0.2, 0) is 16.1 Å². The highest BCUT2D eigenvalue weighted by atomic mass is 35.5. The third-order valence-electron chi connectivity index (χ3n) is 5.14. The van der Waals surface area contributed by atoms with Gasteiger partial charge in [-0.05, 0) is 54.8 Å². The Bertz CT molecular complexity index is 848. The maximum Gasteiger partial charge on any atom is 0.306 e. The molecule has 1 aliphatic rings. The normalized spacial score (nSPS) is 14.5. The second kappa shape index (κ2) is 9.65. The Morgan fingerprint density at radius 2 is 1.86 bits per heavy atom. The van der Waals surface area contributed by atoms with Crippen LogP contribution in [0, 0.1) is 5.92 Å². The lowest BCUT2D eigenvalue weighted by molar-refractivity contribution is -0.142. The van der Waals surface area contributed by atoms with Gasteiger partial charge in [-0.25, -0.2) is 0 Å². The minimum atomic E-state index is -0.709. The number of halogens is 1. The quantitative estimate of drug-likeness (QED) is 0.745. The van der Waals surface area contributed by atoms with Gasteiger partial charge >= 0.3 is 5.97 Å². The van der Waals surface area contributed by atoms with E-state index in [1.54, 1.807) is 36.2 Å². The summed E-state index contributed by atoms with van der Waals surface area (Å²) in [7, 11) is 1.75. The largest absolute Gasteiger partial charge is 0.484 e. The van der Waals surface area contributed by atoms with Gasteiger partial charge in [0.2, 0.25) is 0 Å². The summed E-state index contributed by atoms with van der Waals surface area (Å²) in [5, 5.41) is 9.77. The van der Waals surface area contributed by atoms with Gasteiger partial charge in [-0.15, -0.1) is 0 Å². The van der Waals surface area contributed by atoms with Crippen molar-refractivity contribution in [1.82, 2.24) is 4.90 Å². The van der Waals surface area contributed by atoms with Crippen molar-refractivity contribution in [2.24, 2.45) is 5.92 Å². The summed E-state index contributed by atoms with van der Waals surface area (Å²) in [6, 6.07) is 14.9. The van der Waals surface area contributed by atoms with Crippen LogP contribution in [0.1, 0.15) is 18.4 Å². The zero-order valence-corrected chi connectivity index (χ0v) is 17.1. The molecular weight excluding hydrogens is 392 g/mol. The van der Waals surface area contributed by atoms with Gasteiger partial charge in [0, 0.05) is 37.4 Å². The van der Waals surface area contributed by atoms with E-state index in [0.29, 0.717) is 30.2 Å². The number of ether oxygens (including phenoxy) is 1. The minimum Gasteiger partial charge on any atom is -0.484 e. The first-order valence-corrected chi connectivity index (χ1v) is 9.99. The summed E-state index contributed by atoms with van der Waals surface area (Å²) in [6.45, 7) is 1.89. The van der Waals surface area contributed by atoms with Crippen molar-refractivity contribution in [2.75, 3.05) is 31.6 Å². The van der Waals surface area contributed by atoms with Gasteiger partial charge in [-0.3, -0.25) is 9.59 Å². The minimum absolute atomic E-state index is 0.0411. The van der Waals surface area contributed by atoms with Crippen LogP contribution in [0.3, 0.4) is 0 Å². The number of carboxylic acid groups (broad SMARTS) is 1. The fourth-order valence-electron chi connectivity index (χ4n) is 3.38. The lowest BCUT2D eigenvalue weighted by Crippen LogP contribution is -2.36. The van der Waals surface area contributed by atoms with E-state index in [9.17, 15) is 9.59 Å². The molecule has 1 heterocycles. The molecule has 1 N–H and O–H groups in total. The third kappa shape index (κ3) is 5.87. The van der Waals surface area contributed by atoms with Crippen molar-refractivity contribution in [3.63, 3.8) is 0 Å². The highest BCUT2D eigenvalue weighted by molar-refractivity contribution is 6.30. The summed E-state index contributed by atoms with van der Waals surface area (Å²) in [6.07, 6.45) is 1.31. The molecule has 29 heavy (non-hydrogen) atoms. The van der Waals surface area contributed by atoms with Crippen molar-refractivity contribution in [2.45, 2.75) is 19.4 Å². The lowest BCUT2D eigenvalue weighted by atomic mass is 9.96. The molecule has 6 nitrogen and oxygen atoms in total.